The van der Waals surface area contributed by atoms with Crippen molar-refractivity contribution in [3.05, 3.63) is 70.5 Å². The number of benzene rings is 2. The number of rotatable bonds is 7. The van der Waals surface area contributed by atoms with Gasteiger partial charge in [-0.25, -0.2) is 13.6 Å². The Labute approximate surface area is 189 Å². The molecule has 1 aliphatic rings. The molecular weight excluding hydrogens is 422 g/mol. The summed E-state index contributed by atoms with van der Waals surface area (Å²) in [7, 11) is -4.01. The second kappa shape index (κ2) is 9.57. The highest BCUT2D eigenvalue weighted by Crippen LogP contribution is 2.28. The monoisotopic (exact) mass is 453 g/mol. The summed E-state index contributed by atoms with van der Waals surface area (Å²) in [6.07, 6.45) is 7.78. The second-order valence-electron chi connectivity index (χ2n) is 8.90. The Hall–Kier alpha value is -2.48. The van der Waals surface area contributed by atoms with Crippen molar-refractivity contribution in [1.82, 2.24) is 9.88 Å². The minimum absolute atomic E-state index is 0.0545. The molecule has 1 fully saturated rings. The second-order valence-corrected chi connectivity index (χ2v) is 10.4. The Morgan fingerprint density at radius 1 is 1.03 bits per heavy atom. The normalized spacial score (nSPS) is 16.3. The first-order valence-corrected chi connectivity index (χ1v) is 12.9. The number of hydrogen-bond acceptors (Lipinski definition) is 4. The molecule has 6 nitrogen and oxygen atoms in total. The Morgan fingerprint density at radius 2 is 1.78 bits per heavy atom. The first kappa shape index (κ1) is 22.7. The van der Waals surface area contributed by atoms with Gasteiger partial charge in [-0.2, -0.15) is 0 Å². The van der Waals surface area contributed by atoms with Gasteiger partial charge in [-0.05, 0) is 43.0 Å². The number of aromatic nitrogens is 1. The van der Waals surface area contributed by atoms with E-state index in [9.17, 15) is 13.2 Å². The van der Waals surface area contributed by atoms with E-state index in [1.807, 2.05) is 24.3 Å². The van der Waals surface area contributed by atoms with Gasteiger partial charge in [-0.15, -0.1) is 0 Å². The van der Waals surface area contributed by atoms with Crippen molar-refractivity contribution >= 4 is 20.9 Å². The van der Waals surface area contributed by atoms with E-state index in [4.69, 9.17) is 5.14 Å². The van der Waals surface area contributed by atoms with Gasteiger partial charge in [0.05, 0.1) is 11.2 Å². The molecule has 1 aliphatic carbocycles. The van der Waals surface area contributed by atoms with Crippen LogP contribution in [0, 0.1) is 5.92 Å². The van der Waals surface area contributed by atoms with Gasteiger partial charge < -0.3 is 5.32 Å². The van der Waals surface area contributed by atoms with Gasteiger partial charge in [0.15, 0.2) is 0 Å². The van der Waals surface area contributed by atoms with Crippen LogP contribution in [0.15, 0.2) is 64.3 Å². The quantitative estimate of drug-likeness (QED) is 0.563. The van der Waals surface area contributed by atoms with E-state index in [0.717, 1.165) is 17.9 Å². The Kier molecular flexibility index (Phi) is 6.79. The molecular formula is C25H31N3O3S. The van der Waals surface area contributed by atoms with E-state index in [2.05, 4.69) is 12.2 Å². The molecule has 32 heavy (non-hydrogen) atoms. The minimum atomic E-state index is -4.01. The lowest BCUT2D eigenvalue weighted by Crippen LogP contribution is -2.29. The summed E-state index contributed by atoms with van der Waals surface area (Å²) in [6, 6.07) is 15.9. The predicted octanol–water partition coefficient (Wildman–Crippen LogP) is 4.09. The summed E-state index contributed by atoms with van der Waals surface area (Å²) in [6.45, 7) is 2.80. The third-order valence-corrected chi connectivity index (χ3v) is 7.41. The minimum Gasteiger partial charge on any atom is -0.310 e. The van der Waals surface area contributed by atoms with Gasteiger partial charge in [0, 0.05) is 24.0 Å². The summed E-state index contributed by atoms with van der Waals surface area (Å²) in [5.74, 6) is 0.777. The van der Waals surface area contributed by atoms with Gasteiger partial charge in [0.25, 0.3) is 5.56 Å². The molecule has 0 spiro atoms. The van der Waals surface area contributed by atoms with Crippen LogP contribution in [-0.2, 0) is 16.6 Å². The van der Waals surface area contributed by atoms with Crippen LogP contribution >= 0.6 is 0 Å². The van der Waals surface area contributed by atoms with E-state index >= 15 is 0 Å². The molecule has 0 radical (unpaired) electrons. The van der Waals surface area contributed by atoms with Gasteiger partial charge in [-0.3, -0.25) is 9.36 Å². The standard InChI is InChI=1S/C25H31N3O3S/c1-18(16-19-8-3-2-4-9-19)27-17-21-10-5-6-12-22(21)28-24(29)15-14-20-11-7-13-23(25(20)28)32(26,30)31/h5-7,10-15,18-19,27H,2-4,8-9,16-17H2,1H3,(H2,26,30,31). The molecule has 0 aliphatic heterocycles. The Bertz CT molecular complexity index is 1260. The zero-order valence-electron chi connectivity index (χ0n) is 18.5. The van der Waals surface area contributed by atoms with Crippen molar-refractivity contribution in [3.63, 3.8) is 0 Å². The highest BCUT2D eigenvalue weighted by molar-refractivity contribution is 7.89. The van der Waals surface area contributed by atoms with E-state index in [1.54, 1.807) is 18.2 Å². The molecule has 0 bridgehead atoms. The number of nitrogens with zero attached hydrogens (tertiary/aromatic N) is 1. The topological polar surface area (TPSA) is 94.2 Å². The fourth-order valence-electron chi connectivity index (χ4n) is 4.90. The summed E-state index contributed by atoms with van der Waals surface area (Å²) in [5, 5.41) is 9.74. The lowest BCUT2D eigenvalue weighted by atomic mass is 9.85. The lowest BCUT2D eigenvalue weighted by Gasteiger charge is -2.25. The SMILES string of the molecule is CC(CC1CCCCC1)NCc1ccccc1-n1c(=O)ccc2cccc(S(N)(=O)=O)c21. The van der Waals surface area contributed by atoms with Gasteiger partial charge in [-0.1, -0.05) is 62.4 Å². The van der Waals surface area contributed by atoms with Crippen molar-refractivity contribution in [1.29, 1.82) is 0 Å². The van der Waals surface area contributed by atoms with Crippen LogP contribution in [-0.4, -0.2) is 19.0 Å². The van der Waals surface area contributed by atoms with Crippen LogP contribution in [0.3, 0.4) is 0 Å². The van der Waals surface area contributed by atoms with Gasteiger partial charge >= 0.3 is 0 Å². The first-order valence-electron chi connectivity index (χ1n) is 11.3. The average molecular weight is 454 g/mol. The van der Waals surface area contributed by atoms with Crippen LogP contribution < -0.4 is 16.0 Å². The zero-order chi connectivity index (χ0) is 22.7. The van der Waals surface area contributed by atoms with Gasteiger partial charge in [0.1, 0.15) is 4.90 Å². The largest absolute Gasteiger partial charge is 0.310 e. The number of pyridine rings is 1. The van der Waals surface area contributed by atoms with Crippen LogP contribution in [0.1, 0.15) is 51.0 Å². The molecule has 4 rings (SSSR count). The van der Waals surface area contributed by atoms with E-state index in [1.165, 1.54) is 48.8 Å². The molecule has 7 heteroatoms. The number of nitrogens with one attached hydrogen (secondary N) is 1. The highest BCUT2D eigenvalue weighted by Gasteiger charge is 2.19. The fraction of sp³-hybridized carbons (Fsp3) is 0.400. The molecule has 0 saturated heterocycles. The smallest absolute Gasteiger partial charge is 0.255 e. The lowest BCUT2D eigenvalue weighted by molar-refractivity contribution is 0.304. The molecule has 3 aromatic rings. The summed E-state index contributed by atoms with van der Waals surface area (Å²) >= 11 is 0. The zero-order valence-corrected chi connectivity index (χ0v) is 19.3. The van der Waals surface area contributed by atoms with Crippen LogP contribution in [0.4, 0.5) is 0 Å². The van der Waals surface area contributed by atoms with Crippen molar-refractivity contribution in [2.24, 2.45) is 11.1 Å². The van der Waals surface area contributed by atoms with Crippen LogP contribution in [0.2, 0.25) is 0 Å². The van der Waals surface area contributed by atoms with E-state index in [0.29, 0.717) is 29.2 Å². The molecule has 170 valence electrons. The Morgan fingerprint density at radius 3 is 2.53 bits per heavy atom. The van der Waals surface area contributed by atoms with Crippen LogP contribution in [0.5, 0.6) is 0 Å². The fourth-order valence-corrected chi connectivity index (χ4v) is 5.64. The van der Waals surface area contributed by atoms with Crippen molar-refractivity contribution < 1.29 is 8.42 Å². The van der Waals surface area contributed by atoms with E-state index in [-0.39, 0.29) is 10.5 Å². The summed E-state index contributed by atoms with van der Waals surface area (Å²) in [4.78, 5) is 12.9. The third kappa shape index (κ3) is 4.95. The molecule has 3 N–H and O–H groups in total. The molecule has 1 atom stereocenters. The number of sulfonamides is 1. The molecule has 0 amide bonds. The van der Waals surface area contributed by atoms with Crippen molar-refractivity contribution in [2.75, 3.05) is 0 Å². The number of para-hydroxylation sites is 2. The number of hydrogen-bond donors (Lipinski definition) is 2. The average Bonchev–Trinajstić information content (AvgIpc) is 2.77. The van der Waals surface area contributed by atoms with Crippen molar-refractivity contribution in [3.8, 4) is 5.69 Å². The van der Waals surface area contributed by atoms with Crippen LogP contribution in [0.25, 0.3) is 16.6 Å². The maximum atomic E-state index is 13.0. The number of primary sulfonamides is 1. The Balaban J connectivity index is 1.70. The third-order valence-electron chi connectivity index (χ3n) is 6.47. The molecule has 1 saturated carbocycles. The van der Waals surface area contributed by atoms with Gasteiger partial charge in [0.2, 0.25) is 10.0 Å². The summed E-state index contributed by atoms with van der Waals surface area (Å²) in [5.41, 5.74) is 1.61. The number of nitrogens with two attached hydrogens (primary N) is 1. The molecule has 1 heterocycles. The predicted molar refractivity (Wildman–Crippen MR) is 128 cm³/mol. The first-order chi connectivity index (χ1) is 15.3. The highest BCUT2D eigenvalue weighted by atomic mass is 32.2. The summed E-state index contributed by atoms with van der Waals surface area (Å²) < 4.78 is 26.0. The molecule has 2 aromatic carbocycles. The maximum Gasteiger partial charge on any atom is 0.255 e. The molecule has 1 unspecified atom stereocenters. The van der Waals surface area contributed by atoms with Crippen molar-refractivity contribution in [2.45, 2.75) is 62.9 Å². The molecule has 1 aromatic heterocycles. The maximum absolute atomic E-state index is 13.0. The number of fused-ring (bicyclic) bond motifs is 1. The van der Waals surface area contributed by atoms with E-state index < -0.39 is 10.0 Å².